The van der Waals surface area contributed by atoms with Crippen molar-refractivity contribution in [1.82, 2.24) is 10.3 Å². The number of carbonyl (C=O) groups excluding carboxylic acids is 4. The molecule has 0 saturated heterocycles. The maximum atomic E-state index is 13.2. The molecule has 1 amide bonds. The number of hydrogen-bond donors (Lipinski definition) is 2. The van der Waals surface area contributed by atoms with Gasteiger partial charge in [0, 0.05) is 34.5 Å². The van der Waals surface area contributed by atoms with Crippen LogP contribution in [0.25, 0.3) is 11.3 Å². The number of nitrogens with one attached hydrogen (secondary N) is 2. The van der Waals surface area contributed by atoms with Crippen LogP contribution >= 0.6 is 11.3 Å². The number of dihydropyridines is 1. The summed E-state index contributed by atoms with van der Waals surface area (Å²) in [5.41, 5.74) is 1.12. The molecule has 0 atom stereocenters. The summed E-state index contributed by atoms with van der Waals surface area (Å²) in [6.45, 7) is 5.61. The number of aromatic nitrogens is 1. The van der Waals surface area contributed by atoms with Crippen LogP contribution in [0, 0.1) is 16.0 Å². The summed E-state index contributed by atoms with van der Waals surface area (Å²) in [4.78, 5) is 65.8. The summed E-state index contributed by atoms with van der Waals surface area (Å²) >= 11 is 1.07. The molecule has 2 aromatic rings. The number of hydrogen-bond acceptors (Lipinski definition) is 12. The predicted molar refractivity (Wildman–Crippen MR) is 139 cm³/mol. The second kappa shape index (κ2) is 12.8. The van der Waals surface area contributed by atoms with Crippen molar-refractivity contribution in [1.29, 1.82) is 0 Å². The first-order valence-corrected chi connectivity index (χ1v) is 12.6. The van der Waals surface area contributed by atoms with E-state index in [1.54, 1.807) is 39.1 Å². The Balaban J connectivity index is 1.74. The van der Waals surface area contributed by atoms with Gasteiger partial charge in [-0.05, 0) is 27.7 Å². The number of ether oxygens (including phenoxy) is 3. The Kier molecular flexibility index (Phi) is 9.49. The quantitative estimate of drug-likeness (QED) is 0.190. The Morgan fingerprint density at radius 1 is 1.05 bits per heavy atom. The minimum atomic E-state index is -1.47. The van der Waals surface area contributed by atoms with E-state index in [0.717, 1.165) is 11.3 Å². The van der Waals surface area contributed by atoms with E-state index in [4.69, 9.17) is 14.2 Å². The average Bonchev–Trinajstić information content (AvgIpc) is 3.35. The molecule has 0 spiro atoms. The minimum absolute atomic E-state index is 0.0311. The highest BCUT2D eigenvalue weighted by Gasteiger charge is 2.42. The number of nitro groups is 1. The molecule has 13 nitrogen and oxygen atoms in total. The van der Waals surface area contributed by atoms with Crippen LogP contribution in [-0.2, 0) is 33.4 Å². The number of anilines is 1. The van der Waals surface area contributed by atoms with Gasteiger partial charge in [-0.2, -0.15) is 0 Å². The van der Waals surface area contributed by atoms with E-state index in [0.29, 0.717) is 22.7 Å². The van der Waals surface area contributed by atoms with Crippen molar-refractivity contribution >= 4 is 46.0 Å². The summed E-state index contributed by atoms with van der Waals surface area (Å²) in [5, 5.41) is 18.2. The first-order chi connectivity index (χ1) is 18.6. The van der Waals surface area contributed by atoms with Crippen LogP contribution in [0.1, 0.15) is 27.7 Å². The third-order valence-corrected chi connectivity index (χ3v) is 6.19. The summed E-state index contributed by atoms with van der Waals surface area (Å²) in [6, 6.07) is 5.87. The molecule has 14 heteroatoms. The van der Waals surface area contributed by atoms with Crippen molar-refractivity contribution in [2.75, 3.05) is 25.1 Å². The molecule has 0 bridgehead atoms. The number of nitrogens with zero attached hydrogens (tertiary/aromatic N) is 2. The van der Waals surface area contributed by atoms with Gasteiger partial charge in [0.25, 0.3) is 11.6 Å². The molecule has 2 heterocycles. The molecule has 0 unspecified atom stereocenters. The van der Waals surface area contributed by atoms with Crippen LogP contribution in [0.15, 0.2) is 52.2 Å². The monoisotopic (exact) mass is 558 g/mol. The zero-order chi connectivity index (χ0) is 28.7. The van der Waals surface area contributed by atoms with Crippen LogP contribution in [0.3, 0.4) is 0 Å². The van der Waals surface area contributed by atoms with Crippen LogP contribution in [0.4, 0.5) is 10.8 Å². The largest absolute Gasteiger partial charge is 0.463 e. The molecule has 206 valence electrons. The standard InChI is InChI=1S/C25H26N4O9S/c1-5-36-22(31)19-13(3)26-14(4)20(23(32)37-6-2)21(19)24(33)38-11-18(30)28-25-27-17(12-39-25)15-8-7-9-16(10-15)29(34)35/h7-10,12,21,26H,5-6,11H2,1-4H3,(H,27,28,30). The molecule has 39 heavy (non-hydrogen) atoms. The highest BCUT2D eigenvalue weighted by molar-refractivity contribution is 7.14. The molecular formula is C25H26N4O9S. The van der Waals surface area contributed by atoms with Crippen LogP contribution in [0.2, 0.25) is 0 Å². The number of carbonyl (C=O) groups is 4. The number of non-ortho nitro benzene ring substituents is 1. The maximum absolute atomic E-state index is 13.2. The summed E-state index contributed by atoms with van der Waals surface area (Å²) in [6.07, 6.45) is 0. The van der Waals surface area contributed by atoms with Gasteiger partial charge in [0.15, 0.2) is 11.7 Å². The molecule has 0 aliphatic carbocycles. The van der Waals surface area contributed by atoms with Crippen LogP contribution in [-0.4, -0.2) is 53.5 Å². The molecule has 3 rings (SSSR count). The Morgan fingerprint density at radius 2 is 1.67 bits per heavy atom. The van der Waals surface area contributed by atoms with E-state index in [2.05, 4.69) is 15.6 Å². The van der Waals surface area contributed by atoms with Crippen LogP contribution < -0.4 is 10.6 Å². The van der Waals surface area contributed by atoms with Gasteiger partial charge in [-0.15, -0.1) is 11.3 Å². The lowest BCUT2D eigenvalue weighted by Crippen LogP contribution is -2.39. The van der Waals surface area contributed by atoms with E-state index in [1.165, 1.54) is 18.2 Å². The third-order valence-electron chi connectivity index (χ3n) is 5.44. The predicted octanol–water partition coefficient (Wildman–Crippen LogP) is 3.09. The number of esters is 3. The minimum Gasteiger partial charge on any atom is -0.463 e. The van der Waals surface area contributed by atoms with Gasteiger partial charge in [-0.25, -0.2) is 14.6 Å². The van der Waals surface area contributed by atoms with E-state index >= 15 is 0 Å². The van der Waals surface area contributed by atoms with Gasteiger partial charge in [-0.3, -0.25) is 25.0 Å². The van der Waals surface area contributed by atoms with Crippen molar-refractivity contribution in [2.24, 2.45) is 5.92 Å². The van der Waals surface area contributed by atoms with Gasteiger partial charge in [0.1, 0.15) is 5.92 Å². The van der Waals surface area contributed by atoms with Crippen molar-refractivity contribution < 1.29 is 38.3 Å². The maximum Gasteiger partial charge on any atom is 0.337 e. The topological polar surface area (TPSA) is 176 Å². The van der Waals surface area contributed by atoms with E-state index < -0.39 is 41.3 Å². The molecule has 2 N–H and O–H groups in total. The molecule has 0 saturated carbocycles. The second-order valence-electron chi connectivity index (χ2n) is 8.08. The van der Waals surface area contributed by atoms with Gasteiger partial charge in [-0.1, -0.05) is 12.1 Å². The second-order valence-corrected chi connectivity index (χ2v) is 8.94. The van der Waals surface area contributed by atoms with Gasteiger partial charge in [0.05, 0.1) is 35.0 Å². The van der Waals surface area contributed by atoms with E-state index in [9.17, 15) is 29.3 Å². The van der Waals surface area contributed by atoms with Crippen molar-refractivity contribution in [2.45, 2.75) is 27.7 Å². The Labute approximate surface area is 227 Å². The molecular weight excluding hydrogens is 532 g/mol. The third kappa shape index (κ3) is 6.84. The lowest BCUT2D eigenvalue weighted by Gasteiger charge is -2.28. The van der Waals surface area contributed by atoms with Crippen molar-refractivity contribution in [3.8, 4) is 11.3 Å². The lowest BCUT2D eigenvalue weighted by atomic mass is 9.85. The first-order valence-electron chi connectivity index (χ1n) is 11.8. The van der Waals surface area contributed by atoms with Gasteiger partial charge >= 0.3 is 17.9 Å². The average molecular weight is 559 g/mol. The number of amides is 1. The Bertz CT molecular complexity index is 1340. The fraction of sp³-hybridized carbons (Fsp3) is 0.320. The fourth-order valence-corrected chi connectivity index (χ4v) is 4.54. The summed E-state index contributed by atoms with van der Waals surface area (Å²) in [5.74, 6) is -4.86. The zero-order valence-corrected chi connectivity index (χ0v) is 22.4. The molecule has 0 fully saturated rings. The Hall–Kier alpha value is -4.59. The van der Waals surface area contributed by atoms with Crippen molar-refractivity contribution in [3.05, 3.63) is 62.3 Å². The highest BCUT2D eigenvalue weighted by atomic mass is 32.1. The SMILES string of the molecule is CCOC(=O)C1=C(C)NC(C)=C(C(=O)OCC)C1C(=O)OCC(=O)Nc1nc(-c2cccc([N+](=O)[O-])c2)cs1. The molecule has 1 aliphatic heterocycles. The highest BCUT2D eigenvalue weighted by Crippen LogP contribution is 2.33. The normalized spacial score (nSPS) is 13.4. The van der Waals surface area contributed by atoms with Crippen LogP contribution in [0.5, 0.6) is 0 Å². The first kappa shape index (κ1) is 29.0. The van der Waals surface area contributed by atoms with E-state index in [1.807, 2.05) is 0 Å². The number of thiazole rings is 1. The molecule has 1 aliphatic rings. The number of benzene rings is 1. The van der Waals surface area contributed by atoms with Crippen molar-refractivity contribution in [3.63, 3.8) is 0 Å². The van der Waals surface area contributed by atoms with Gasteiger partial charge < -0.3 is 19.5 Å². The molecule has 0 radical (unpaired) electrons. The van der Waals surface area contributed by atoms with Gasteiger partial charge in [0.2, 0.25) is 0 Å². The number of nitro benzene ring substituents is 1. The molecule has 1 aromatic heterocycles. The fourth-order valence-electron chi connectivity index (χ4n) is 3.81. The number of rotatable bonds is 10. The zero-order valence-electron chi connectivity index (χ0n) is 21.6. The summed E-state index contributed by atoms with van der Waals surface area (Å²) in [7, 11) is 0. The summed E-state index contributed by atoms with van der Waals surface area (Å²) < 4.78 is 15.4. The number of allylic oxidation sites excluding steroid dienone is 2. The lowest BCUT2D eigenvalue weighted by molar-refractivity contribution is -0.384. The van der Waals surface area contributed by atoms with E-state index in [-0.39, 0.29) is 35.2 Å². The molecule has 1 aromatic carbocycles. The Morgan fingerprint density at radius 3 is 2.23 bits per heavy atom. The smallest absolute Gasteiger partial charge is 0.337 e.